The molecule has 1 rings (SSSR count). The van der Waals surface area contributed by atoms with Gasteiger partial charge in [0.05, 0.1) is 6.61 Å². The number of hydrogen-bond acceptors (Lipinski definition) is 2. The summed E-state index contributed by atoms with van der Waals surface area (Å²) in [4.78, 5) is 0. The van der Waals surface area contributed by atoms with Gasteiger partial charge >= 0.3 is 0 Å². The SMILES string of the molecule is COCCNC/C(C)=C/c1ccc(Cl)cc1F. The van der Waals surface area contributed by atoms with Gasteiger partial charge in [-0.2, -0.15) is 0 Å². The van der Waals surface area contributed by atoms with Crippen molar-refractivity contribution in [2.45, 2.75) is 6.92 Å². The van der Waals surface area contributed by atoms with E-state index in [0.717, 1.165) is 12.1 Å². The van der Waals surface area contributed by atoms with Gasteiger partial charge in [0, 0.05) is 30.8 Å². The molecule has 4 heteroatoms. The van der Waals surface area contributed by atoms with Gasteiger partial charge in [-0.3, -0.25) is 0 Å². The van der Waals surface area contributed by atoms with Crippen LogP contribution in [0.5, 0.6) is 0 Å². The molecule has 0 amide bonds. The zero-order valence-corrected chi connectivity index (χ0v) is 10.9. The van der Waals surface area contributed by atoms with E-state index in [1.807, 2.05) is 13.0 Å². The molecule has 0 bridgehead atoms. The summed E-state index contributed by atoms with van der Waals surface area (Å²) < 4.78 is 18.4. The van der Waals surface area contributed by atoms with Crippen LogP contribution in [0.25, 0.3) is 6.08 Å². The molecule has 0 aliphatic carbocycles. The van der Waals surface area contributed by atoms with Crippen LogP contribution in [-0.2, 0) is 4.74 Å². The van der Waals surface area contributed by atoms with Gasteiger partial charge in [0.15, 0.2) is 0 Å². The van der Waals surface area contributed by atoms with E-state index >= 15 is 0 Å². The number of rotatable bonds is 6. The quantitative estimate of drug-likeness (QED) is 0.791. The molecule has 1 aromatic rings. The van der Waals surface area contributed by atoms with Crippen molar-refractivity contribution >= 4 is 17.7 Å². The average molecular weight is 258 g/mol. The third kappa shape index (κ3) is 5.31. The van der Waals surface area contributed by atoms with Crippen molar-refractivity contribution in [3.05, 3.63) is 40.2 Å². The maximum absolute atomic E-state index is 13.5. The van der Waals surface area contributed by atoms with Crippen molar-refractivity contribution in [1.29, 1.82) is 0 Å². The highest BCUT2D eigenvalue weighted by Gasteiger charge is 2.00. The molecule has 2 nitrogen and oxygen atoms in total. The summed E-state index contributed by atoms with van der Waals surface area (Å²) in [6.45, 7) is 4.12. The van der Waals surface area contributed by atoms with E-state index in [4.69, 9.17) is 16.3 Å². The Kier molecular flexibility index (Phi) is 6.19. The molecule has 0 saturated carbocycles. The lowest BCUT2D eigenvalue weighted by molar-refractivity contribution is 0.200. The summed E-state index contributed by atoms with van der Waals surface area (Å²) in [7, 11) is 1.66. The zero-order valence-electron chi connectivity index (χ0n) is 10.1. The fourth-order valence-corrected chi connectivity index (χ4v) is 1.55. The Hall–Kier alpha value is -0.900. The number of ether oxygens (including phenoxy) is 1. The molecule has 1 N–H and O–H groups in total. The van der Waals surface area contributed by atoms with Crippen LogP contribution in [0.2, 0.25) is 5.02 Å². The van der Waals surface area contributed by atoms with Crippen LogP contribution in [0.3, 0.4) is 0 Å². The lowest BCUT2D eigenvalue weighted by Crippen LogP contribution is -2.20. The fourth-order valence-electron chi connectivity index (χ4n) is 1.39. The normalized spacial score (nSPS) is 11.9. The Morgan fingerprint density at radius 2 is 2.29 bits per heavy atom. The Balaban J connectivity index is 2.55. The molecule has 17 heavy (non-hydrogen) atoms. The number of halogens is 2. The van der Waals surface area contributed by atoms with E-state index in [9.17, 15) is 4.39 Å². The fraction of sp³-hybridized carbons (Fsp3) is 0.385. The second-order valence-electron chi connectivity index (χ2n) is 3.83. The van der Waals surface area contributed by atoms with Crippen molar-refractivity contribution in [2.75, 3.05) is 26.8 Å². The molecule has 1 aromatic carbocycles. The van der Waals surface area contributed by atoms with E-state index in [2.05, 4.69) is 5.32 Å². The molecule has 0 spiro atoms. The van der Waals surface area contributed by atoms with Crippen LogP contribution in [0.15, 0.2) is 23.8 Å². The molecule has 0 aliphatic rings. The third-order valence-electron chi connectivity index (χ3n) is 2.25. The molecule has 0 aliphatic heterocycles. The van der Waals surface area contributed by atoms with Gasteiger partial charge < -0.3 is 10.1 Å². The number of benzene rings is 1. The summed E-state index contributed by atoms with van der Waals surface area (Å²) in [5.41, 5.74) is 1.61. The Morgan fingerprint density at radius 1 is 1.53 bits per heavy atom. The van der Waals surface area contributed by atoms with Crippen molar-refractivity contribution in [1.82, 2.24) is 5.32 Å². The van der Waals surface area contributed by atoms with Crippen LogP contribution in [0.1, 0.15) is 12.5 Å². The summed E-state index contributed by atoms with van der Waals surface area (Å²) >= 11 is 5.68. The molecule has 0 saturated heterocycles. The van der Waals surface area contributed by atoms with Crippen molar-refractivity contribution in [3.63, 3.8) is 0 Å². The summed E-state index contributed by atoms with van der Waals surface area (Å²) in [6.07, 6.45) is 1.81. The zero-order chi connectivity index (χ0) is 12.7. The van der Waals surface area contributed by atoms with E-state index in [1.54, 1.807) is 19.2 Å². The van der Waals surface area contributed by atoms with Gasteiger partial charge in [0.2, 0.25) is 0 Å². The number of nitrogens with one attached hydrogen (secondary N) is 1. The van der Waals surface area contributed by atoms with Gasteiger partial charge in [-0.1, -0.05) is 29.3 Å². The average Bonchev–Trinajstić information content (AvgIpc) is 2.28. The molecular weight excluding hydrogens is 241 g/mol. The minimum absolute atomic E-state index is 0.297. The standard InChI is InChI=1S/C13H17ClFNO/c1-10(9-16-5-6-17-2)7-11-3-4-12(14)8-13(11)15/h3-4,7-8,16H,5-6,9H2,1-2H3/b10-7+. The van der Waals surface area contributed by atoms with Gasteiger partial charge in [0.1, 0.15) is 5.82 Å². The molecule has 0 aromatic heterocycles. The Bertz CT molecular complexity index is 393. The maximum atomic E-state index is 13.5. The van der Waals surface area contributed by atoms with Gasteiger partial charge in [-0.05, 0) is 19.1 Å². The highest BCUT2D eigenvalue weighted by molar-refractivity contribution is 6.30. The van der Waals surface area contributed by atoms with Crippen LogP contribution >= 0.6 is 11.6 Å². The van der Waals surface area contributed by atoms with Gasteiger partial charge in [-0.25, -0.2) is 4.39 Å². The highest BCUT2D eigenvalue weighted by Crippen LogP contribution is 2.16. The second-order valence-corrected chi connectivity index (χ2v) is 4.26. The molecule has 0 heterocycles. The number of hydrogen-bond donors (Lipinski definition) is 1. The first-order valence-corrected chi connectivity index (χ1v) is 5.83. The highest BCUT2D eigenvalue weighted by atomic mass is 35.5. The monoisotopic (exact) mass is 257 g/mol. The predicted molar refractivity (Wildman–Crippen MR) is 69.8 cm³/mol. The first-order chi connectivity index (χ1) is 8.13. The molecule has 0 radical (unpaired) electrons. The largest absolute Gasteiger partial charge is 0.383 e. The molecule has 0 unspecified atom stereocenters. The minimum Gasteiger partial charge on any atom is -0.383 e. The van der Waals surface area contributed by atoms with Crippen LogP contribution in [0, 0.1) is 5.82 Å². The van der Waals surface area contributed by atoms with Gasteiger partial charge in [-0.15, -0.1) is 0 Å². The molecular formula is C13H17ClFNO. The van der Waals surface area contributed by atoms with E-state index in [1.165, 1.54) is 6.07 Å². The van der Waals surface area contributed by atoms with E-state index < -0.39 is 0 Å². The first kappa shape index (κ1) is 14.2. The smallest absolute Gasteiger partial charge is 0.131 e. The third-order valence-corrected chi connectivity index (χ3v) is 2.49. The molecule has 0 atom stereocenters. The lowest BCUT2D eigenvalue weighted by Gasteiger charge is -2.05. The summed E-state index contributed by atoms with van der Waals surface area (Å²) in [5.74, 6) is -0.297. The second kappa shape index (κ2) is 7.43. The first-order valence-electron chi connectivity index (χ1n) is 5.45. The number of methoxy groups -OCH3 is 1. The molecule has 94 valence electrons. The topological polar surface area (TPSA) is 21.3 Å². The minimum atomic E-state index is -0.297. The Morgan fingerprint density at radius 3 is 2.94 bits per heavy atom. The molecule has 0 fully saturated rings. The van der Waals surface area contributed by atoms with Crippen molar-refractivity contribution in [2.24, 2.45) is 0 Å². The van der Waals surface area contributed by atoms with Crippen molar-refractivity contribution in [3.8, 4) is 0 Å². The maximum Gasteiger partial charge on any atom is 0.131 e. The Labute approximate surface area is 106 Å². The lowest BCUT2D eigenvalue weighted by atomic mass is 10.1. The van der Waals surface area contributed by atoms with Crippen LogP contribution in [-0.4, -0.2) is 26.8 Å². The van der Waals surface area contributed by atoms with E-state index in [-0.39, 0.29) is 5.82 Å². The summed E-state index contributed by atoms with van der Waals surface area (Å²) in [5, 5.41) is 3.61. The summed E-state index contributed by atoms with van der Waals surface area (Å²) in [6, 6.07) is 4.68. The van der Waals surface area contributed by atoms with Crippen LogP contribution < -0.4 is 5.32 Å². The van der Waals surface area contributed by atoms with E-state index in [0.29, 0.717) is 23.7 Å². The van der Waals surface area contributed by atoms with Crippen molar-refractivity contribution < 1.29 is 9.13 Å². The predicted octanol–water partition coefficient (Wildman–Crippen LogP) is 3.12. The van der Waals surface area contributed by atoms with Crippen LogP contribution in [0.4, 0.5) is 4.39 Å². The van der Waals surface area contributed by atoms with Gasteiger partial charge in [0.25, 0.3) is 0 Å².